The maximum absolute atomic E-state index is 5.48. The Balaban J connectivity index is 1.92. The summed E-state index contributed by atoms with van der Waals surface area (Å²) < 4.78 is 6.61. The number of nitrogens with one attached hydrogen (secondary N) is 2. The van der Waals surface area contributed by atoms with Gasteiger partial charge in [0.1, 0.15) is 0 Å². The molecule has 5 nitrogen and oxygen atoms in total. The van der Waals surface area contributed by atoms with Crippen LogP contribution in [0.2, 0.25) is 0 Å². The van der Waals surface area contributed by atoms with Crippen molar-refractivity contribution in [2.45, 2.75) is 33.4 Å². The lowest BCUT2D eigenvalue weighted by Gasteiger charge is -2.37. The van der Waals surface area contributed by atoms with Gasteiger partial charge in [-0.3, -0.25) is 4.90 Å². The normalized spacial score (nSPS) is 18.0. The molecule has 0 aromatic carbocycles. The predicted molar refractivity (Wildman–Crippen MR) is 106 cm³/mol. The van der Waals surface area contributed by atoms with Crippen molar-refractivity contribution in [1.29, 1.82) is 0 Å². The number of thiophene rings is 1. The van der Waals surface area contributed by atoms with E-state index in [0.29, 0.717) is 18.5 Å². The van der Waals surface area contributed by atoms with Crippen molar-refractivity contribution >= 4 is 33.2 Å². The highest BCUT2D eigenvalue weighted by molar-refractivity contribution is 9.10. The average molecular weight is 417 g/mol. The van der Waals surface area contributed by atoms with Gasteiger partial charge < -0.3 is 15.4 Å². The lowest BCUT2D eigenvalue weighted by molar-refractivity contribution is 0.00752. The van der Waals surface area contributed by atoms with Gasteiger partial charge in [-0.25, -0.2) is 4.99 Å². The van der Waals surface area contributed by atoms with E-state index in [1.807, 2.05) is 0 Å². The first kappa shape index (κ1) is 19.7. The number of morpholine rings is 1. The summed E-state index contributed by atoms with van der Waals surface area (Å²) in [6.45, 7) is 12.8. The molecule has 1 aliphatic rings. The zero-order chi connectivity index (χ0) is 17.4. The van der Waals surface area contributed by atoms with Gasteiger partial charge in [0.15, 0.2) is 5.96 Å². The molecule has 1 saturated heterocycles. The first-order valence-corrected chi connectivity index (χ1v) is 10.3. The number of rotatable bonds is 7. The minimum absolute atomic E-state index is 0.494. The van der Waals surface area contributed by atoms with Gasteiger partial charge in [-0.15, -0.1) is 11.3 Å². The van der Waals surface area contributed by atoms with Crippen LogP contribution in [0.3, 0.4) is 0 Å². The number of aliphatic imine (C=N–C) groups is 1. The predicted octanol–water partition coefficient (Wildman–Crippen LogP) is 2.92. The molecule has 2 rings (SSSR count). The second-order valence-electron chi connectivity index (χ2n) is 6.27. The maximum atomic E-state index is 5.48. The fourth-order valence-electron chi connectivity index (χ4n) is 2.83. The molecule has 2 heterocycles. The zero-order valence-electron chi connectivity index (χ0n) is 14.8. The topological polar surface area (TPSA) is 48.9 Å². The number of halogens is 1. The Morgan fingerprint density at radius 2 is 2.12 bits per heavy atom. The first-order chi connectivity index (χ1) is 11.6. The van der Waals surface area contributed by atoms with Crippen LogP contribution in [-0.2, 0) is 11.3 Å². The van der Waals surface area contributed by atoms with Crippen molar-refractivity contribution in [3.05, 3.63) is 20.8 Å². The third-order valence-electron chi connectivity index (χ3n) is 4.12. The summed E-state index contributed by atoms with van der Waals surface area (Å²) in [7, 11) is 0. The highest BCUT2D eigenvalue weighted by atomic mass is 79.9. The van der Waals surface area contributed by atoms with Crippen molar-refractivity contribution in [2.24, 2.45) is 10.9 Å². The first-order valence-electron chi connectivity index (χ1n) is 8.67. The van der Waals surface area contributed by atoms with Crippen LogP contribution < -0.4 is 10.6 Å². The van der Waals surface area contributed by atoms with E-state index in [2.05, 4.69) is 63.7 Å². The van der Waals surface area contributed by atoms with E-state index in [1.54, 1.807) is 11.3 Å². The molecule has 0 bridgehead atoms. The number of ether oxygens (including phenoxy) is 1. The van der Waals surface area contributed by atoms with Gasteiger partial charge in [0.2, 0.25) is 0 Å². The van der Waals surface area contributed by atoms with Gasteiger partial charge in [0.05, 0.1) is 19.8 Å². The Kier molecular flexibility index (Phi) is 8.52. The molecule has 0 spiro atoms. The molecular formula is C17H29BrN4OS. The standard InChI is InChI=1S/C17H29BrN4OS/c1-4-19-17(20-10-15-9-14(18)12-24-15)21-11-16(13(2)3)22-5-7-23-8-6-22/h9,12-13,16H,4-8,10-11H2,1-3H3,(H2,19,20,21). The SMILES string of the molecule is CCNC(=NCc1cc(Br)cs1)NCC(C(C)C)N1CCOCC1. The monoisotopic (exact) mass is 416 g/mol. The molecule has 0 radical (unpaired) electrons. The van der Waals surface area contributed by atoms with Crippen molar-refractivity contribution in [3.63, 3.8) is 0 Å². The Morgan fingerprint density at radius 3 is 2.71 bits per heavy atom. The Morgan fingerprint density at radius 1 is 1.38 bits per heavy atom. The lowest BCUT2D eigenvalue weighted by Crippen LogP contribution is -2.52. The van der Waals surface area contributed by atoms with Crippen LogP contribution in [0, 0.1) is 5.92 Å². The minimum atomic E-state index is 0.494. The van der Waals surface area contributed by atoms with E-state index in [-0.39, 0.29) is 0 Å². The fraction of sp³-hybridized carbons (Fsp3) is 0.706. The summed E-state index contributed by atoms with van der Waals surface area (Å²) >= 11 is 5.22. The molecule has 1 unspecified atom stereocenters. The molecule has 24 heavy (non-hydrogen) atoms. The molecule has 1 fully saturated rings. The van der Waals surface area contributed by atoms with Crippen LogP contribution in [0.5, 0.6) is 0 Å². The van der Waals surface area contributed by atoms with Crippen LogP contribution in [0.15, 0.2) is 20.9 Å². The summed E-state index contributed by atoms with van der Waals surface area (Å²) in [6, 6.07) is 2.62. The second kappa shape index (κ2) is 10.4. The molecule has 0 saturated carbocycles. The molecule has 1 aliphatic heterocycles. The molecule has 7 heteroatoms. The van der Waals surface area contributed by atoms with Crippen molar-refractivity contribution in [3.8, 4) is 0 Å². The van der Waals surface area contributed by atoms with E-state index in [9.17, 15) is 0 Å². The van der Waals surface area contributed by atoms with Crippen LogP contribution in [0.25, 0.3) is 0 Å². The van der Waals surface area contributed by atoms with Gasteiger partial charge in [-0.2, -0.15) is 0 Å². The Labute approximate surface area is 158 Å². The Bertz CT molecular complexity index is 514. The van der Waals surface area contributed by atoms with Crippen LogP contribution in [0.4, 0.5) is 0 Å². The highest BCUT2D eigenvalue weighted by Gasteiger charge is 2.23. The van der Waals surface area contributed by atoms with Gasteiger partial charge in [0.25, 0.3) is 0 Å². The summed E-state index contributed by atoms with van der Waals surface area (Å²) in [4.78, 5) is 8.50. The van der Waals surface area contributed by atoms with Crippen LogP contribution in [-0.4, -0.2) is 56.3 Å². The summed E-state index contributed by atoms with van der Waals surface area (Å²) in [5, 5.41) is 8.97. The highest BCUT2D eigenvalue weighted by Crippen LogP contribution is 2.20. The van der Waals surface area contributed by atoms with Gasteiger partial charge >= 0.3 is 0 Å². The van der Waals surface area contributed by atoms with E-state index in [0.717, 1.165) is 49.8 Å². The van der Waals surface area contributed by atoms with Crippen molar-refractivity contribution in [1.82, 2.24) is 15.5 Å². The zero-order valence-corrected chi connectivity index (χ0v) is 17.3. The Hall–Kier alpha value is -0.630. The molecule has 1 atom stereocenters. The smallest absolute Gasteiger partial charge is 0.191 e. The van der Waals surface area contributed by atoms with E-state index >= 15 is 0 Å². The number of hydrogen-bond donors (Lipinski definition) is 2. The number of hydrogen-bond acceptors (Lipinski definition) is 4. The molecule has 0 amide bonds. The van der Waals surface area contributed by atoms with E-state index in [1.165, 1.54) is 4.88 Å². The third-order valence-corrected chi connectivity index (χ3v) is 5.80. The van der Waals surface area contributed by atoms with E-state index < -0.39 is 0 Å². The minimum Gasteiger partial charge on any atom is -0.379 e. The molecule has 1 aromatic heterocycles. The quantitative estimate of drug-likeness (QED) is 0.529. The van der Waals surface area contributed by atoms with Gasteiger partial charge in [-0.05, 0) is 34.8 Å². The molecular weight excluding hydrogens is 388 g/mol. The average Bonchev–Trinajstić information content (AvgIpc) is 2.99. The largest absolute Gasteiger partial charge is 0.379 e. The molecule has 1 aromatic rings. The van der Waals surface area contributed by atoms with E-state index in [4.69, 9.17) is 9.73 Å². The summed E-state index contributed by atoms with van der Waals surface area (Å²) in [5.74, 6) is 1.48. The van der Waals surface area contributed by atoms with Gasteiger partial charge in [-0.1, -0.05) is 13.8 Å². The maximum Gasteiger partial charge on any atom is 0.191 e. The lowest BCUT2D eigenvalue weighted by atomic mass is 10.0. The summed E-state index contributed by atoms with van der Waals surface area (Å²) in [5.41, 5.74) is 0. The van der Waals surface area contributed by atoms with Crippen LogP contribution >= 0.6 is 27.3 Å². The molecule has 136 valence electrons. The van der Waals surface area contributed by atoms with Crippen molar-refractivity contribution < 1.29 is 4.74 Å². The van der Waals surface area contributed by atoms with Gasteiger partial charge in [0, 0.05) is 47.0 Å². The third kappa shape index (κ3) is 6.35. The summed E-state index contributed by atoms with van der Waals surface area (Å²) in [6.07, 6.45) is 0. The second-order valence-corrected chi connectivity index (χ2v) is 8.18. The molecule has 2 N–H and O–H groups in total. The molecule has 0 aliphatic carbocycles. The van der Waals surface area contributed by atoms with Crippen molar-refractivity contribution in [2.75, 3.05) is 39.4 Å². The fourth-order valence-corrected chi connectivity index (χ4v) is 4.21. The number of nitrogens with zero attached hydrogens (tertiary/aromatic N) is 2. The number of guanidine groups is 1. The van der Waals surface area contributed by atoms with Crippen LogP contribution in [0.1, 0.15) is 25.6 Å².